The van der Waals surface area contributed by atoms with Crippen molar-refractivity contribution in [3.63, 3.8) is 0 Å². The molecule has 0 atom stereocenters. The Kier molecular flexibility index (Phi) is 4.20. The zero-order valence-electron chi connectivity index (χ0n) is 14.5. The zero-order chi connectivity index (χ0) is 19.1. The lowest BCUT2D eigenvalue weighted by Crippen LogP contribution is -2.13. The van der Waals surface area contributed by atoms with Gasteiger partial charge in [-0.25, -0.2) is 4.98 Å². The minimum atomic E-state index is -0.497. The molecule has 28 heavy (non-hydrogen) atoms. The van der Waals surface area contributed by atoms with Gasteiger partial charge in [-0.1, -0.05) is 30.3 Å². The van der Waals surface area contributed by atoms with Gasteiger partial charge >= 0.3 is 0 Å². The number of benzene rings is 3. The molecule has 0 aliphatic carbocycles. The van der Waals surface area contributed by atoms with Gasteiger partial charge in [0, 0.05) is 0 Å². The Labute approximate surface area is 167 Å². The van der Waals surface area contributed by atoms with Gasteiger partial charge in [0.25, 0.3) is 5.91 Å². The third kappa shape index (κ3) is 2.90. The summed E-state index contributed by atoms with van der Waals surface area (Å²) >= 11 is 3.10. The van der Waals surface area contributed by atoms with E-state index in [0.717, 1.165) is 36.1 Å². The van der Waals surface area contributed by atoms with E-state index in [-0.39, 0.29) is 5.91 Å². The Balaban J connectivity index is 1.54. The Morgan fingerprint density at radius 2 is 1.89 bits per heavy atom. The molecule has 5 rings (SSSR count). The summed E-state index contributed by atoms with van der Waals surface area (Å²) in [6.45, 7) is -0.497. The van der Waals surface area contributed by atoms with Crippen LogP contribution in [0.3, 0.4) is 0 Å². The molecule has 0 spiro atoms. The van der Waals surface area contributed by atoms with E-state index < -0.39 is 6.79 Å². The molecule has 0 unspecified atom stereocenters. The molecule has 7 heteroatoms. The molecular formula is C21H14N2O3S2. The summed E-state index contributed by atoms with van der Waals surface area (Å²) in [4.78, 5) is 17.4. The maximum absolute atomic E-state index is 13.0. The van der Waals surface area contributed by atoms with Crippen LogP contribution in [-0.4, -0.2) is 22.8 Å². The Bertz CT molecular complexity index is 1340. The van der Waals surface area contributed by atoms with E-state index in [9.17, 15) is 9.90 Å². The molecule has 0 fully saturated rings. The highest BCUT2D eigenvalue weighted by atomic mass is 32.1. The molecule has 0 saturated carbocycles. The van der Waals surface area contributed by atoms with Gasteiger partial charge in [0.05, 0.1) is 31.0 Å². The molecule has 5 nitrogen and oxygen atoms in total. The van der Waals surface area contributed by atoms with Crippen molar-refractivity contribution in [2.24, 2.45) is 0 Å². The van der Waals surface area contributed by atoms with Crippen LogP contribution in [0.15, 0.2) is 60.1 Å². The number of aliphatic hydroxyl groups excluding tert-OH is 1. The van der Waals surface area contributed by atoms with Gasteiger partial charge in [0.15, 0.2) is 6.79 Å². The van der Waals surface area contributed by atoms with E-state index in [1.165, 1.54) is 11.3 Å². The average Bonchev–Trinajstić information content (AvgIpc) is 3.33. The molecule has 3 aromatic carbocycles. The monoisotopic (exact) mass is 406 g/mol. The second kappa shape index (κ2) is 6.87. The quantitative estimate of drug-likeness (QED) is 0.400. The first-order valence-corrected chi connectivity index (χ1v) is 10.3. The minimum absolute atomic E-state index is 0.282. The molecule has 2 N–H and O–H groups in total. The molecule has 0 radical (unpaired) electrons. The van der Waals surface area contributed by atoms with Gasteiger partial charge in [-0.05, 0) is 40.4 Å². The van der Waals surface area contributed by atoms with E-state index in [1.807, 2.05) is 48.0 Å². The molecule has 0 aliphatic heterocycles. The Morgan fingerprint density at radius 1 is 1.07 bits per heavy atom. The number of hydrogen-bond donors (Lipinski definition) is 2. The average molecular weight is 406 g/mol. The second-order valence-corrected chi connectivity index (χ2v) is 8.16. The van der Waals surface area contributed by atoms with Crippen LogP contribution in [0.25, 0.3) is 31.1 Å². The number of carbonyl (C=O) groups is 1. The first-order valence-electron chi connectivity index (χ1n) is 8.56. The first kappa shape index (κ1) is 17.1. The lowest BCUT2D eigenvalue weighted by molar-refractivity contribution is 0.0933. The number of amides is 1. The molecule has 2 aromatic heterocycles. The summed E-state index contributed by atoms with van der Waals surface area (Å²) in [7, 11) is 0. The van der Waals surface area contributed by atoms with Crippen molar-refractivity contribution in [2.75, 3.05) is 12.1 Å². The van der Waals surface area contributed by atoms with E-state index in [1.54, 1.807) is 23.5 Å². The molecule has 5 aromatic rings. The van der Waals surface area contributed by atoms with Crippen molar-refractivity contribution in [3.8, 4) is 5.75 Å². The van der Waals surface area contributed by atoms with Crippen LogP contribution in [0.4, 0.5) is 5.00 Å². The maximum Gasteiger partial charge on any atom is 0.260 e. The lowest BCUT2D eigenvalue weighted by Gasteiger charge is -2.11. The smallest absolute Gasteiger partial charge is 0.260 e. The van der Waals surface area contributed by atoms with Crippen molar-refractivity contribution in [3.05, 3.63) is 65.7 Å². The van der Waals surface area contributed by atoms with Gasteiger partial charge in [-0.15, -0.1) is 22.7 Å². The number of carbonyl (C=O) groups excluding carboxylic acids is 1. The van der Waals surface area contributed by atoms with Gasteiger partial charge in [0.1, 0.15) is 5.75 Å². The third-order valence-electron chi connectivity index (χ3n) is 4.53. The number of rotatable bonds is 4. The summed E-state index contributed by atoms with van der Waals surface area (Å²) in [5.41, 5.74) is 3.17. The van der Waals surface area contributed by atoms with Crippen molar-refractivity contribution in [1.29, 1.82) is 0 Å². The highest BCUT2D eigenvalue weighted by Gasteiger charge is 2.16. The van der Waals surface area contributed by atoms with E-state index in [2.05, 4.69) is 10.3 Å². The molecule has 0 aliphatic rings. The van der Waals surface area contributed by atoms with Gasteiger partial charge < -0.3 is 15.2 Å². The highest BCUT2D eigenvalue weighted by molar-refractivity contribution is 7.24. The molecule has 0 saturated heterocycles. The van der Waals surface area contributed by atoms with Crippen LogP contribution >= 0.6 is 22.7 Å². The minimum Gasteiger partial charge on any atom is -0.467 e. The molecule has 0 bridgehead atoms. The summed E-state index contributed by atoms with van der Waals surface area (Å²) in [5.74, 6) is 0.0667. The van der Waals surface area contributed by atoms with Gasteiger partial charge in [-0.2, -0.15) is 0 Å². The fourth-order valence-electron chi connectivity index (χ4n) is 3.25. The van der Waals surface area contributed by atoms with Crippen LogP contribution in [-0.2, 0) is 0 Å². The highest BCUT2D eigenvalue weighted by Crippen LogP contribution is 2.36. The number of ether oxygens (including phenoxy) is 1. The Hall–Kier alpha value is -3.00. The van der Waals surface area contributed by atoms with Crippen LogP contribution in [0, 0.1) is 0 Å². The number of aromatic nitrogens is 1. The van der Waals surface area contributed by atoms with E-state index >= 15 is 0 Å². The van der Waals surface area contributed by atoms with Crippen molar-refractivity contribution in [2.45, 2.75) is 0 Å². The van der Waals surface area contributed by atoms with Crippen molar-refractivity contribution in [1.82, 2.24) is 4.98 Å². The predicted molar refractivity (Wildman–Crippen MR) is 115 cm³/mol. The van der Waals surface area contributed by atoms with E-state index in [0.29, 0.717) is 11.3 Å². The molecule has 138 valence electrons. The van der Waals surface area contributed by atoms with Crippen LogP contribution in [0.5, 0.6) is 5.75 Å². The summed E-state index contributed by atoms with van der Waals surface area (Å²) < 4.78 is 7.48. The predicted octanol–water partition coefficient (Wildman–Crippen LogP) is 5.25. The number of nitrogens with zero attached hydrogens (tertiary/aromatic N) is 1. The number of nitrogens with one attached hydrogen (secondary N) is 1. The fourth-order valence-corrected chi connectivity index (χ4v) is 5.05. The second-order valence-electron chi connectivity index (χ2n) is 6.22. The summed E-state index contributed by atoms with van der Waals surface area (Å²) in [6, 6.07) is 17.3. The number of thiophene rings is 1. The number of anilines is 1. The first-order chi connectivity index (χ1) is 13.7. The van der Waals surface area contributed by atoms with Crippen LogP contribution in [0.2, 0.25) is 0 Å². The number of fused-ring (bicyclic) bond motifs is 4. The van der Waals surface area contributed by atoms with E-state index in [4.69, 9.17) is 4.74 Å². The fraction of sp³-hybridized carbons (Fsp3) is 0.0476. The molecule has 2 heterocycles. The standard InChI is InChI=1S/C21H14N2O3S2/c24-11-26-16-8-13-4-2-1-3-12(13)7-15(16)21(25)23-18-9-14-5-6-17-19(20(14)28-18)22-10-27-17/h1-10,24H,11H2,(H,23,25). The number of aliphatic hydroxyl groups is 1. The largest absolute Gasteiger partial charge is 0.467 e. The summed E-state index contributed by atoms with van der Waals surface area (Å²) in [5, 5.41) is 15.8. The number of thiazole rings is 1. The maximum atomic E-state index is 13.0. The van der Waals surface area contributed by atoms with Gasteiger partial charge in [0.2, 0.25) is 0 Å². The third-order valence-corrected chi connectivity index (χ3v) is 6.40. The lowest BCUT2D eigenvalue weighted by atomic mass is 10.1. The number of hydrogen-bond acceptors (Lipinski definition) is 6. The Morgan fingerprint density at radius 3 is 2.71 bits per heavy atom. The van der Waals surface area contributed by atoms with Crippen LogP contribution < -0.4 is 10.1 Å². The molecular weight excluding hydrogens is 392 g/mol. The van der Waals surface area contributed by atoms with Crippen LogP contribution in [0.1, 0.15) is 10.4 Å². The molecule has 1 amide bonds. The SMILES string of the molecule is O=C(Nc1cc2ccc3scnc3c2s1)c1cc2ccccc2cc1OCO. The topological polar surface area (TPSA) is 71.5 Å². The van der Waals surface area contributed by atoms with Crippen molar-refractivity contribution < 1.29 is 14.6 Å². The normalized spacial score (nSPS) is 11.3. The summed E-state index contributed by atoms with van der Waals surface area (Å²) in [6.07, 6.45) is 0. The van der Waals surface area contributed by atoms with Gasteiger partial charge in [-0.3, -0.25) is 4.79 Å². The zero-order valence-corrected chi connectivity index (χ0v) is 16.1. The van der Waals surface area contributed by atoms with Crippen molar-refractivity contribution >= 4 is 64.7 Å².